The minimum Gasteiger partial charge on any atom is -0.461 e. The summed E-state index contributed by atoms with van der Waals surface area (Å²) in [7, 11) is -3.97. The summed E-state index contributed by atoms with van der Waals surface area (Å²) in [5.41, 5.74) is 1.90. The average Bonchev–Trinajstić information content (AvgIpc) is 3.41. The molecule has 166 valence electrons. The molecule has 0 aliphatic carbocycles. The minimum absolute atomic E-state index is 0.0740. The number of furan rings is 1. The summed E-state index contributed by atoms with van der Waals surface area (Å²) in [5, 5.41) is 1.36. The number of nitrogens with zero attached hydrogens (tertiary/aromatic N) is 1. The molecule has 2 aromatic carbocycles. The molecule has 1 aliphatic rings. The molecule has 32 heavy (non-hydrogen) atoms. The molecule has 1 aliphatic heterocycles. The second-order valence-electron chi connectivity index (χ2n) is 7.47. The fourth-order valence-corrected chi connectivity index (χ4v) is 5.70. The first-order valence-corrected chi connectivity index (χ1v) is 11.8. The zero-order valence-corrected chi connectivity index (χ0v) is 18.3. The predicted molar refractivity (Wildman–Crippen MR) is 119 cm³/mol. The van der Waals surface area contributed by atoms with Gasteiger partial charge >= 0.3 is 5.97 Å². The van der Waals surface area contributed by atoms with Crippen molar-refractivity contribution >= 4 is 37.9 Å². The molecule has 1 N–H and O–H groups in total. The molecule has 1 fully saturated rings. The van der Waals surface area contributed by atoms with Crippen molar-refractivity contribution in [3.63, 3.8) is 0 Å². The van der Waals surface area contributed by atoms with Crippen molar-refractivity contribution in [1.82, 2.24) is 9.29 Å². The lowest BCUT2D eigenvalue weighted by Crippen LogP contribution is -2.41. The van der Waals surface area contributed by atoms with Gasteiger partial charge in [-0.1, -0.05) is 18.2 Å². The largest absolute Gasteiger partial charge is 0.461 e. The number of fused-ring (bicyclic) bond motifs is 2. The smallest absolute Gasteiger partial charge is 0.356 e. The van der Waals surface area contributed by atoms with Crippen molar-refractivity contribution < 1.29 is 27.1 Å². The van der Waals surface area contributed by atoms with Gasteiger partial charge in [-0.05, 0) is 37.3 Å². The van der Waals surface area contributed by atoms with Gasteiger partial charge in [-0.15, -0.1) is 0 Å². The summed E-state index contributed by atoms with van der Waals surface area (Å²) in [6, 6.07) is 14.9. The molecular weight excluding hydrogens is 432 g/mol. The van der Waals surface area contributed by atoms with Crippen molar-refractivity contribution in [2.75, 3.05) is 32.9 Å². The number of aromatic amines is 1. The predicted octanol–water partition coefficient (Wildman–Crippen LogP) is 3.78. The van der Waals surface area contributed by atoms with Crippen LogP contribution in [0.4, 0.5) is 0 Å². The highest BCUT2D eigenvalue weighted by molar-refractivity contribution is 7.89. The molecule has 9 heteroatoms. The van der Waals surface area contributed by atoms with Crippen molar-refractivity contribution in [3.8, 4) is 11.3 Å². The van der Waals surface area contributed by atoms with E-state index in [4.69, 9.17) is 13.9 Å². The highest BCUT2D eigenvalue weighted by atomic mass is 32.2. The molecule has 0 bridgehead atoms. The average molecular weight is 455 g/mol. The monoisotopic (exact) mass is 454 g/mol. The summed E-state index contributed by atoms with van der Waals surface area (Å²) in [6.07, 6.45) is 0. The van der Waals surface area contributed by atoms with E-state index < -0.39 is 16.0 Å². The number of H-pyrrole nitrogens is 1. The Morgan fingerprint density at radius 1 is 1.12 bits per heavy atom. The number of morpholine rings is 1. The summed E-state index contributed by atoms with van der Waals surface area (Å²) in [6.45, 7) is 2.87. The Morgan fingerprint density at radius 3 is 2.66 bits per heavy atom. The zero-order chi connectivity index (χ0) is 22.3. The van der Waals surface area contributed by atoms with Crippen molar-refractivity contribution in [2.45, 2.75) is 11.8 Å². The van der Waals surface area contributed by atoms with Gasteiger partial charge < -0.3 is 18.9 Å². The second kappa shape index (κ2) is 8.09. The molecule has 3 heterocycles. The van der Waals surface area contributed by atoms with Gasteiger partial charge in [-0.25, -0.2) is 13.2 Å². The number of para-hydroxylation sites is 1. The lowest BCUT2D eigenvalue weighted by atomic mass is 10.1. The maximum atomic E-state index is 13.6. The molecule has 0 unspecified atom stereocenters. The summed E-state index contributed by atoms with van der Waals surface area (Å²) in [4.78, 5) is 15.5. The van der Waals surface area contributed by atoms with E-state index in [1.165, 1.54) is 4.31 Å². The number of rotatable bonds is 5. The van der Waals surface area contributed by atoms with Gasteiger partial charge in [0, 0.05) is 34.9 Å². The number of carbonyl (C=O) groups excluding carboxylic acids is 1. The Kier molecular flexibility index (Phi) is 5.24. The molecular formula is C23H22N2O6S. The summed E-state index contributed by atoms with van der Waals surface area (Å²) < 4.78 is 44.9. The molecule has 8 nitrogen and oxygen atoms in total. The van der Waals surface area contributed by atoms with E-state index in [1.807, 2.05) is 36.4 Å². The maximum Gasteiger partial charge on any atom is 0.356 e. The Balaban J connectivity index is 1.70. The number of carbonyl (C=O) groups is 1. The molecule has 0 radical (unpaired) electrons. The van der Waals surface area contributed by atoms with E-state index >= 15 is 0 Å². The van der Waals surface area contributed by atoms with Crippen LogP contribution < -0.4 is 0 Å². The third kappa shape index (κ3) is 3.48. The fourth-order valence-electron chi connectivity index (χ4n) is 3.98. The van der Waals surface area contributed by atoms with E-state index in [2.05, 4.69) is 4.98 Å². The SMILES string of the molecule is CCOC(=O)c1[nH]c2ccc(-c3cc4ccccc4o3)cc2c1S(=O)(=O)N1CCOCC1. The van der Waals surface area contributed by atoms with Gasteiger partial charge in [-0.2, -0.15) is 4.31 Å². The molecule has 0 saturated carbocycles. The van der Waals surface area contributed by atoms with E-state index in [9.17, 15) is 13.2 Å². The van der Waals surface area contributed by atoms with Crippen LogP contribution in [0.25, 0.3) is 33.2 Å². The molecule has 0 spiro atoms. The third-order valence-corrected chi connectivity index (χ3v) is 7.49. The maximum absolute atomic E-state index is 13.6. The van der Waals surface area contributed by atoms with Gasteiger partial charge in [0.2, 0.25) is 10.0 Å². The summed E-state index contributed by atoms with van der Waals surface area (Å²) in [5.74, 6) is -0.0949. The Labute approximate surface area is 184 Å². The number of ether oxygens (including phenoxy) is 2. The highest BCUT2D eigenvalue weighted by Crippen LogP contribution is 2.35. The van der Waals surface area contributed by atoms with Crippen LogP contribution in [0.5, 0.6) is 0 Å². The zero-order valence-electron chi connectivity index (χ0n) is 17.5. The number of nitrogens with one attached hydrogen (secondary N) is 1. The van der Waals surface area contributed by atoms with Crippen molar-refractivity contribution in [1.29, 1.82) is 0 Å². The molecule has 2 aromatic heterocycles. The summed E-state index contributed by atoms with van der Waals surface area (Å²) >= 11 is 0. The van der Waals surface area contributed by atoms with Crippen LogP contribution in [0.3, 0.4) is 0 Å². The minimum atomic E-state index is -3.97. The molecule has 0 atom stereocenters. The lowest BCUT2D eigenvalue weighted by molar-refractivity contribution is 0.0515. The number of hydrogen-bond acceptors (Lipinski definition) is 6. The first-order valence-electron chi connectivity index (χ1n) is 10.4. The second-order valence-corrected chi connectivity index (χ2v) is 9.35. The number of esters is 1. The van der Waals surface area contributed by atoms with Gasteiger partial charge in [0.15, 0.2) is 0 Å². The molecule has 4 aromatic rings. The quantitative estimate of drug-likeness (QED) is 0.461. The molecule has 0 amide bonds. The van der Waals surface area contributed by atoms with E-state index in [-0.39, 0.29) is 30.3 Å². The number of benzene rings is 2. The van der Waals surface area contributed by atoms with Crippen LogP contribution in [-0.4, -0.2) is 56.6 Å². The van der Waals surface area contributed by atoms with Gasteiger partial charge in [-0.3, -0.25) is 0 Å². The Hall–Kier alpha value is -3.14. The van der Waals surface area contributed by atoms with Crippen LogP contribution in [0.15, 0.2) is 57.8 Å². The van der Waals surface area contributed by atoms with Crippen LogP contribution >= 0.6 is 0 Å². The highest BCUT2D eigenvalue weighted by Gasteiger charge is 2.34. The Bertz CT molecular complexity index is 1380. The van der Waals surface area contributed by atoms with Crippen molar-refractivity contribution in [2.24, 2.45) is 0 Å². The van der Waals surface area contributed by atoms with Gasteiger partial charge in [0.05, 0.1) is 19.8 Å². The first kappa shape index (κ1) is 20.7. The van der Waals surface area contributed by atoms with E-state index in [0.29, 0.717) is 35.4 Å². The molecule has 1 saturated heterocycles. The van der Waals surface area contributed by atoms with Crippen LogP contribution in [0.2, 0.25) is 0 Å². The van der Waals surface area contributed by atoms with Crippen LogP contribution in [0.1, 0.15) is 17.4 Å². The number of hydrogen-bond donors (Lipinski definition) is 1. The fraction of sp³-hybridized carbons (Fsp3) is 0.261. The normalized spacial score (nSPS) is 15.4. The van der Waals surface area contributed by atoms with Crippen molar-refractivity contribution in [3.05, 3.63) is 54.2 Å². The Morgan fingerprint density at radius 2 is 1.91 bits per heavy atom. The van der Waals surface area contributed by atoms with E-state index in [0.717, 1.165) is 11.0 Å². The molecule has 5 rings (SSSR count). The standard InChI is InChI=1S/C23H22N2O6S/c1-2-30-23(26)21-22(32(27,28)25-9-11-29-12-10-25)17-13-16(7-8-18(17)24-21)20-14-15-5-3-4-6-19(15)31-20/h3-8,13-14,24H,2,9-12H2,1H3. The lowest BCUT2D eigenvalue weighted by Gasteiger charge is -2.26. The number of sulfonamides is 1. The topological polar surface area (TPSA) is 102 Å². The van der Waals surface area contributed by atoms with Crippen LogP contribution in [0, 0.1) is 0 Å². The number of aromatic nitrogens is 1. The van der Waals surface area contributed by atoms with Gasteiger partial charge in [0.25, 0.3) is 0 Å². The van der Waals surface area contributed by atoms with Crippen LogP contribution in [-0.2, 0) is 19.5 Å². The van der Waals surface area contributed by atoms with Gasteiger partial charge in [0.1, 0.15) is 21.9 Å². The van der Waals surface area contributed by atoms with E-state index in [1.54, 1.807) is 19.1 Å². The third-order valence-electron chi connectivity index (χ3n) is 5.51. The first-order chi connectivity index (χ1) is 15.5.